The van der Waals surface area contributed by atoms with Crippen LogP contribution in [0, 0.1) is 11.8 Å². The van der Waals surface area contributed by atoms with E-state index in [-0.39, 0.29) is 5.60 Å². The molecule has 1 aliphatic carbocycles. The molecule has 84 valence electrons. The van der Waals surface area contributed by atoms with Gasteiger partial charge in [0.2, 0.25) is 0 Å². The van der Waals surface area contributed by atoms with Crippen molar-refractivity contribution in [1.29, 1.82) is 0 Å². The quantitative estimate of drug-likeness (QED) is 0.663. The minimum Gasteiger partial charge on any atom is -0.375 e. The van der Waals surface area contributed by atoms with E-state index >= 15 is 0 Å². The van der Waals surface area contributed by atoms with Crippen LogP contribution in [-0.4, -0.2) is 25.3 Å². The van der Waals surface area contributed by atoms with Crippen molar-refractivity contribution in [3.63, 3.8) is 0 Å². The topological polar surface area (TPSA) is 21.3 Å². The minimum absolute atomic E-state index is 0.00376. The largest absolute Gasteiger partial charge is 0.375 e. The third kappa shape index (κ3) is 5.61. The van der Waals surface area contributed by atoms with Crippen molar-refractivity contribution in [2.75, 3.05) is 19.7 Å². The van der Waals surface area contributed by atoms with Gasteiger partial charge in [-0.2, -0.15) is 0 Å². The normalized spacial score (nSPS) is 19.7. The lowest BCUT2D eigenvalue weighted by molar-refractivity contribution is -0.00101. The van der Waals surface area contributed by atoms with Crippen molar-refractivity contribution >= 4 is 0 Å². The van der Waals surface area contributed by atoms with Gasteiger partial charge in [0.25, 0.3) is 0 Å². The summed E-state index contributed by atoms with van der Waals surface area (Å²) in [4.78, 5) is 0. The van der Waals surface area contributed by atoms with Gasteiger partial charge in [0.05, 0.1) is 12.2 Å². The monoisotopic (exact) mass is 199 g/mol. The van der Waals surface area contributed by atoms with Gasteiger partial charge in [-0.1, -0.05) is 6.92 Å². The second-order valence-electron chi connectivity index (χ2n) is 5.48. The highest BCUT2D eigenvalue weighted by molar-refractivity contribution is 4.79. The first-order valence-corrected chi connectivity index (χ1v) is 5.84. The van der Waals surface area contributed by atoms with E-state index in [9.17, 15) is 0 Å². The van der Waals surface area contributed by atoms with Crippen LogP contribution in [0.3, 0.4) is 0 Å². The first-order chi connectivity index (χ1) is 6.49. The van der Waals surface area contributed by atoms with Crippen LogP contribution in [0.25, 0.3) is 0 Å². The molecule has 2 nitrogen and oxygen atoms in total. The van der Waals surface area contributed by atoms with Gasteiger partial charge in [-0.25, -0.2) is 0 Å². The fraction of sp³-hybridized carbons (Fsp3) is 1.00. The lowest BCUT2D eigenvalue weighted by Crippen LogP contribution is -2.29. The molecule has 0 amide bonds. The molecule has 0 aliphatic heterocycles. The van der Waals surface area contributed by atoms with Crippen molar-refractivity contribution in [1.82, 2.24) is 5.32 Å². The molecule has 0 aromatic rings. The van der Waals surface area contributed by atoms with E-state index in [1.165, 1.54) is 12.8 Å². The lowest BCUT2D eigenvalue weighted by atomic mass is 10.1. The van der Waals surface area contributed by atoms with E-state index < -0.39 is 0 Å². The minimum atomic E-state index is 0.00376. The Labute approximate surface area is 88.4 Å². The Morgan fingerprint density at radius 1 is 1.36 bits per heavy atom. The second kappa shape index (κ2) is 5.13. The average molecular weight is 199 g/mol. The highest BCUT2D eigenvalue weighted by atomic mass is 16.5. The zero-order valence-electron chi connectivity index (χ0n) is 10.1. The van der Waals surface area contributed by atoms with Gasteiger partial charge in [-0.05, 0) is 52.0 Å². The zero-order chi connectivity index (χ0) is 10.6. The molecule has 1 aliphatic rings. The molecule has 1 saturated carbocycles. The first-order valence-electron chi connectivity index (χ1n) is 5.84. The van der Waals surface area contributed by atoms with Crippen LogP contribution in [0.2, 0.25) is 0 Å². The second-order valence-corrected chi connectivity index (χ2v) is 5.48. The molecule has 1 N–H and O–H groups in total. The summed E-state index contributed by atoms with van der Waals surface area (Å²) in [7, 11) is 0. The summed E-state index contributed by atoms with van der Waals surface area (Å²) >= 11 is 0. The van der Waals surface area contributed by atoms with Crippen molar-refractivity contribution in [2.24, 2.45) is 11.8 Å². The molecule has 0 saturated heterocycles. The average Bonchev–Trinajstić information content (AvgIpc) is 2.83. The summed E-state index contributed by atoms with van der Waals surface area (Å²) in [6.45, 7) is 11.6. The molecule has 0 aromatic heterocycles. The molecule has 2 heteroatoms. The molecule has 1 fully saturated rings. The Bertz CT molecular complexity index is 158. The van der Waals surface area contributed by atoms with Gasteiger partial charge >= 0.3 is 0 Å². The molecule has 0 spiro atoms. The molecule has 1 atom stereocenters. The maximum Gasteiger partial charge on any atom is 0.0599 e. The molecule has 1 unspecified atom stereocenters. The molecular weight excluding hydrogens is 174 g/mol. The summed E-state index contributed by atoms with van der Waals surface area (Å²) in [6.07, 6.45) is 2.89. The standard InChI is InChI=1S/C12H25NO/c1-10(11-5-6-11)9-13-7-8-14-12(2,3)4/h10-11,13H,5-9H2,1-4H3. The molecule has 14 heavy (non-hydrogen) atoms. The number of rotatable bonds is 6. The summed E-state index contributed by atoms with van der Waals surface area (Å²) in [5.41, 5.74) is 0.00376. The number of hydrogen-bond donors (Lipinski definition) is 1. The van der Waals surface area contributed by atoms with Gasteiger partial charge in [-0.15, -0.1) is 0 Å². The Morgan fingerprint density at radius 3 is 2.50 bits per heavy atom. The summed E-state index contributed by atoms with van der Waals surface area (Å²) in [5.74, 6) is 1.86. The van der Waals surface area contributed by atoms with Crippen LogP contribution in [0.1, 0.15) is 40.5 Å². The predicted octanol–water partition coefficient (Wildman–Crippen LogP) is 2.44. The van der Waals surface area contributed by atoms with Crippen molar-refractivity contribution in [3.05, 3.63) is 0 Å². The van der Waals surface area contributed by atoms with Gasteiger partial charge in [0, 0.05) is 6.54 Å². The van der Waals surface area contributed by atoms with Crippen LogP contribution in [0.15, 0.2) is 0 Å². The third-order valence-electron chi connectivity index (χ3n) is 2.71. The van der Waals surface area contributed by atoms with Crippen LogP contribution in [-0.2, 0) is 4.74 Å². The van der Waals surface area contributed by atoms with Crippen molar-refractivity contribution in [2.45, 2.75) is 46.1 Å². The predicted molar refractivity (Wildman–Crippen MR) is 60.5 cm³/mol. The van der Waals surface area contributed by atoms with Crippen LogP contribution in [0.5, 0.6) is 0 Å². The zero-order valence-corrected chi connectivity index (χ0v) is 10.1. The van der Waals surface area contributed by atoms with E-state index in [0.717, 1.165) is 31.5 Å². The molecule has 0 aromatic carbocycles. The Balaban J connectivity index is 1.88. The van der Waals surface area contributed by atoms with E-state index in [1.54, 1.807) is 0 Å². The Hall–Kier alpha value is -0.0800. The molecule has 1 rings (SSSR count). The summed E-state index contributed by atoms with van der Waals surface area (Å²) < 4.78 is 5.62. The molecule has 0 radical (unpaired) electrons. The fourth-order valence-electron chi connectivity index (χ4n) is 1.59. The van der Waals surface area contributed by atoms with Gasteiger partial charge in [0.1, 0.15) is 0 Å². The SMILES string of the molecule is CC(CNCCOC(C)(C)C)C1CC1. The van der Waals surface area contributed by atoms with Crippen LogP contribution >= 0.6 is 0 Å². The van der Waals surface area contributed by atoms with Crippen LogP contribution < -0.4 is 5.32 Å². The van der Waals surface area contributed by atoms with Crippen molar-refractivity contribution in [3.8, 4) is 0 Å². The van der Waals surface area contributed by atoms with E-state index in [1.807, 2.05) is 0 Å². The van der Waals surface area contributed by atoms with E-state index in [4.69, 9.17) is 4.74 Å². The fourth-order valence-corrected chi connectivity index (χ4v) is 1.59. The molecule has 0 bridgehead atoms. The van der Waals surface area contributed by atoms with Gasteiger partial charge in [-0.3, -0.25) is 0 Å². The first kappa shape index (κ1) is 12.0. The van der Waals surface area contributed by atoms with Gasteiger partial charge < -0.3 is 10.1 Å². The summed E-state index contributed by atoms with van der Waals surface area (Å²) in [6, 6.07) is 0. The Kier molecular flexibility index (Phi) is 4.39. The number of hydrogen-bond acceptors (Lipinski definition) is 2. The maximum atomic E-state index is 5.62. The van der Waals surface area contributed by atoms with E-state index in [2.05, 4.69) is 33.0 Å². The highest BCUT2D eigenvalue weighted by Gasteiger charge is 2.27. The lowest BCUT2D eigenvalue weighted by Gasteiger charge is -2.20. The third-order valence-corrected chi connectivity index (χ3v) is 2.71. The maximum absolute atomic E-state index is 5.62. The van der Waals surface area contributed by atoms with Crippen molar-refractivity contribution < 1.29 is 4.74 Å². The summed E-state index contributed by atoms with van der Waals surface area (Å²) in [5, 5.41) is 3.45. The Morgan fingerprint density at radius 2 is 2.00 bits per heavy atom. The number of nitrogens with one attached hydrogen (secondary N) is 1. The molecule has 0 heterocycles. The van der Waals surface area contributed by atoms with Crippen LogP contribution in [0.4, 0.5) is 0 Å². The smallest absolute Gasteiger partial charge is 0.0599 e. The number of ether oxygens (including phenoxy) is 1. The molecular formula is C12H25NO. The highest BCUT2D eigenvalue weighted by Crippen LogP contribution is 2.35. The van der Waals surface area contributed by atoms with Gasteiger partial charge in [0.15, 0.2) is 0 Å². The van der Waals surface area contributed by atoms with E-state index in [0.29, 0.717) is 0 Å².